The predicted molar refractivity (Wildman–Crippen MR) is 51.4 cm³/mol. The van der Waals surface area contributed by atoms with Crippen molar-refractivity contribution in [3.05, 3.63) is 29.2 Å². The van der Waals surface area contributed by atoms with E-state index in [-0.39, 0.29) is 5.82 Å². The smallest absolute Gasteiger partial charge is 0.298 e. The Labute approximate surface area is 88.9 Å². The van der Waals surface area contributed by atoms with Gasteiger partial charge in [0, 0.05) is 11.2 Å². The van der Waals surface area contributed by atoms with Crippen LogP contribution in [0.3, 0.4) is 0 Å². The fourth-order valence-corrected chi connectivity index (χ4v) is 1.06. The Kier molecular flexibility index (Phi) is 2.55. The van der Waals surface area contributed by atoms with Gasteiger partial charge in [0.15, 0.2) is 0 Å². The van der Waals surface area contributed by atoms with Crippen LogP contribution in [0.25, 0.3) is 0 Å². The lowest BCUT2D eigenvalue weighted by molar-refractivity contribution is 0.101. The minimum absolute atomic E-state index is 0.0585. The van der Waals surface area contributed by atoms with Gasteiger partial charge in [-0.05, 0) is 17.3 Å². The Hall–Kier alpha value is -2.02. The second kappa shape index (κ2) is 4.01. The normalized spacial score (nSPS) is 9.93. The molecule has 2 N–H and O–H groups in total. The zero-order chi connectivity index (χ0) is 10.7. The average molecular weight is 225 g/mol. The van der Waals surface area contributed by atoms with Crippen molar-refractivity contribution in [1.82, 2.24) is 25.6 Å². The molecule has 0 saturated heterocycles. The molecule has 0 saturated carbocycles. The van der Waals surface area contributed by atoms with E-state index in [0.717, 1.165) is 0 Å². The Bertz CT molecular complexity index is 470. The Morgan fingerprint density at radius 2 is 2.40 bits per heavy atom. The molecule has 1 amide bonds. The molecule has 0 aliphatic rings. The second-order valence-corrected chi connectivity index (χ2v) is 2.99. The van der Waals surface area contributed by atoms with Crippen molar-refractivity contribution in [2.75, 3.05) is 5.32 Å². The number of nitrogens with one attached hydrogen (secondary N) is 2. The molecule has 2 heterocycles. The molecule has 0 aliphatic heterocycles. The van der Waals surface area contributed by atoms with E-state index in [1.165, 1.54) is 12.3 Å². The maximum absolute atomic E-state index is 11.4. The van der Waals surface area contributed by atoms with Crippen molar-refractivity contribution in [3.8, 4) is 0 Å². The number of carbonyl (C=O) groups excluding carboxylic acids is 1. The first-order valence-corrected chi connectivity index (χ1v) is 4.30. The topological polar surface area (TPSA) is 96.5 Å². The summed E-state index contributed by atoms with van der Waals surface area (Å²) in [6.45, 7) is 0. The standard InChI is InChI=1S/C7H5ClN6O/c8-4-1-2-9-5(3-4)10-7(15)6-11-13-14-12-6/h1-3H,(H,9,10,15)(H,11,12,13,14). The molecule has 0 aromatic carbocycles. The van der Waals surface area contributed by atoms with E-state index >= 15 is 0 Å². The number of hydrogen-bond donors (Lipinski definition) is 2. The molecule has 0 unspecified atom stereocenters. The number of carbonyl (C=O) groups is 1. The highest BCUT2D eigenvalue weighted by Gasteiger charge is 2.11. The summed E-state index contributed by atoms with van der Waals surface area (Å²) in [5.74, 6) is -0.229. The van der Waals surface area contributed by atoms with Crippen LogP contribution in [0.5, 0.6) is 0 Å². The molecule has 2 rings (SSSR count). The highest BCUT2D eigenvalue weighted by molar-refractivity contribution is 6.30. The van der Waals surface area contributed by atoms with Gasteiger partial charge in [-0.15, -0.1) is 10.2 Å². The average Bonchev–Trinajstić information content (AvgIpc) is 2.70. The zero-order valence-electron chi connectivity index (χ0n) is 7.31. The van der Waals surface area contributed by atoms with Crippen molar-refractivity contribution < 1.29 is 4.79 Å². The van der Waals surface area contributed by atoms with E-state index in [0.29, 0.717) is 10.8 Å². The van der Waals surface area contributed by atoms with Gasteiger partial charge in [0.05, 0.1) is 0 Å². The minimum Gasteiger partial charge on any atom is -0.304 e. The van der Waals surface area contributed by atoms with E-state index in [2.05, 4.69) is 30.9 Å². The third-order valence-corrected chi connectivity index (χ3v) is 1.75. The van der Waals surface area contributed by atoms with Gasteiger partial charge in [-0.3, -0.25) is 4.79 Å². The van der Waals surface area contributed by atoms with Gasteiger partial charge >= 0.3 is 0 Å². The predicted octanol–water partition coefficient (Wildman–Crippen LogP) is 0.500. The molecule has 7 nitrogen and oxygen atoms in total. The summed E-state index contributed by atoms with van der Waals surface area (Å²) in [6, 6.07) is 3.12. The molecule has 0 fully saturated rings. The van der Waals surface area contributed by atoms with Gasteiger partial charge in [0.1, 0.15) is 5.82 Å². The molecular formula is C7H5ClN6O. The molecule has 0 aliphatic carbocycles. The number of rotatable bonds is 2. The fraction of sp³-hybridized carbons (Fsp3) is 0. The van der Waals surface area contributed by atoms with Crippen LogP contribution < -0.4 is 5.32 Å². The number of anilines is 1. The van der Waals surface area contributed by atoms with Crippen LogP contribution in [0.4, 0.5) is 5.82 Å². The zero-order valence-corrected chi connectivity index (χ0v) is 8.06. The van der Waals surface area contributed by atoms with Crippen molar-refractivity contribution in [3.63, 3.8) is 0 Å². The quantitative estimate of drug-likeness (QED) is 0.774. The monoisotopic (exact) mass is 224 g/mol. The molecule has 0 bridgehead atoms. The lowest BCUT2D eigenvalue weighted by atomic mass is 10.4. The number of aromatic amines is 1. The summed E-state index contributed by atoms with van der Waals surface area (Å²) in [6.07, 6.45) is 1.48. The van der Waals surface area contributed by atoms with E-state index in [4.69, 9.17) is 11.6 Å². The number of tetrazole rings is 1. The lowest BCUT2D eigenvalue weighted by Gasteiger charge is -2.00. The minimum atomic E-state index is -0.501. The van der Waals surface area contributed by atoms with Crippen molar-refractivity contribution in [2.24, 2.45) is 0 Å². The number of nitrogens with zero attached hydrogens (tertiary/aromatic N) is 4. The summed E-state index contributed by atoms with van der Waals surface area (Å²) < 4.78 is 0. The Morgan fingerprint density at radius 1 is 1.53 bits per heavy atom. The number of halogens is 1. The third-order valence-electron chi connectivity index (χ3n) is 1.51. The van der Waals surface area contributed by atoms with E-state index < -0.39 is 5.91 Å². The summed E-state index contributed by atoms with van der Waals surface area (Å²) in [5, 5.41) is 15.4. The number of hydrogen-bond acceptors (Lipinski definition) is 5. The summed E-state index contributed by atoms with van der Waals surface area (Å²) in [7, 11) is 0. The van der Waals surface area contributed by atoms with Gasteiger partial charge < -0.3 is 5.32 Å². The van der Waals surface area contributed by atoms with Crippen LogP contribution in [0.2, 0.25) is 5.02 Å². The first-order chi connectivity index (χ1) is 7.25. The van der Waals surface area contributed by atoms with Crippen molar-refractivity contribution in [1.29, 1.82) is 0 Å². The molecular weight excluding hydrogens is 220 g/mol. The molecule has 8 heteroatoms. The van der Waals surface area contributed by atoms with E-state index in [1.807, 2.05) is 0 Å². The Balaban J connectivity index is 2.13. The van der Waals surface area contributed by atoms with Gasteiger partial charge in [0.25, 0.3) is 11.7 Å². The van der Waals surface area contributed by atoms with Gasteiger partial charge in [-0.2, -0.15) is 5.21 Å². The summed E-state index contributed by atoms with van der Waals surface area (Å²) >= 11 is 5.71. The summed E-state index contributed by atoms with van der Waals surface area (Å²) in [5.41, 5.74) is 0. The van der Waals surface area contributed by atoms with Crippen LogP contribution in [0.1, 0.15) is 10.6 Å². The van der Waals surface area contributed by atoms with Crippen LogP contribution in [-0.2, 0) is 0 Å². The highest BCUT2D eigenvalue weighted by atomic mass is 35.5. The largest absolute Gasteiger partial charge is 0.304 e. The van der Waals surface area contributed by atoms with Gasteiger partial charge in [-0.1, -0.05) is 11.6 Å². The molecule has 15 heavy (non-hydrogen) atoms. The number of pyridine rings is 1. The van der Waals surface area contributed by atoms with Crippen molar-refractivity contribution >= 4 is 23.3 Å². The maximum atomic E-state index is 11.4. The molecule has 2 aromatic heterocycles. The fourth-order valence-electron chi connectivity index (χ4n) is 0.903. The number of aromatic nitrogens is 5. The van der Waals surface area contributed by atoms with E-state index in [1.54, 1.807) is 6.07 Å². The maximum Gasteiger partial charge on any atom is 0.298 e. The molecule has 0 radical (unpaired) electrons. The summed E-state index contributed by atoms with van der Waals surface area (Å²) in [4.78, 5) is 15.3. The van der Waals surface area contributed by atoms with Crippen molar-refractivity contribution in [2.45, 2.75) is 0 Å². The third kappa shape index (κ3) is 2.26. The van der Waals surface area contributed by atoms with Gasteiger partial charge in [0.2, 0.25) is 0 Å². The second-order valence-electron chi connectivity index (χ2n) is 2.55. The molecule has 0 spiro atoms. The first-order valence-electron chi connectivity index (χ1n) is 3.92. The molecule has 2 aromatic rings. The Morgan fingerprint density at radius 3 is 3.07 bits per heavy atom. The SMILES string of the molecule is O=C(Nc1cc(Cl)ccn1)c1nn[nH]n1. The van der Waals surface area contributed by atoms with Crippen LogP contribution in [0, 0.1) is 0 Å². The highest BCUT2D eigenvalue weighted by Crippen LogP contribution is 2.11. The number of H-pyrrole nitrogens is 1. The van der Waals surface area contributed by atoms with Gasteiger partial charge in [-0.25, -0.2) is 4.98 Å². The lowest BCUT2D eigenvalue weighted by Crippen LogP contribution is -2.14. The van der Waals surface area contributed by atoms with Crippen LogP contribution in [-0.4, -0.2) is 31.5 Å². The first kappa shape index (κ1) is 9.53. The number of amides is 1. The van der Waals surface area contributed by atoms with Crippen LogP contribution in [0.15, 0.2) is 18.3 Å². The molecule has 0 atom stereocenters. The van der Waals surface area contributed by atoms with E-state index in [9.17, 15) is 4.79 Å². The van der Waals surface area contributed by atoms with Crippen LogP contribution >= 0.6 is 11.6 Å². The molecule has 76 valence electrons.